The van der Waals surface area contributed by atoms with Crippen molar-refractivity contribution in [3.8, 4) is 0 Å². The molecule has 11 heteroatoms. The van der Waals surface area contributed by atoms with Crippen LogP contribution in [0.25, 0.3) is 6.08 Å². The van der Waals surface area contributed by atoms with Gasteiger partial charge in [-0.2, -0.15) is 0 Å². The minimum atomic E-state index is -0.461. The Morgan fingerprint density at radius 3 is 2.56 bits per heavy atom. The van der Waals surface area contributed by atoms with Crippen LogP contribution in [0.3, 0.4) is 0 Å². The molecule has 0 spiro atoms. The van der Waals surface area contributed by atoms with E-state index in [-0.39, 0.29) is 11.6 Å². The molecule has 172 valence electrons. The highest BCUT2D eigenvalue weighted by molar-refractivity contribution is 8.04. The van der Waals surface area contributed by atoms with Crippen LogP contribution in [-0.4, -0.2) is 47.1 Å². The molecule has 2 aromatic carbocycles. The van der Waals surface area contributed by atoms with Crippen LogP contribution in [0, 0.1) is 10.1 Å². The highest BCUT2D eigenvalue weighted by Crippen LogP contribution is 2.38. The second-order valence-corrected chi connectivity index (χ2v) is 8.63. The summed E-state index contributed by atoms with van der Waals surface area (Å²) in [6.45, 7) is 3.22. The number of aromatic nitrogens is 2. The number of carbonyl (C=O) groups excluding carboxylic acids is 1. The molecule has 0 aliphatic carbocycles. The number of amides is 1. The van der Waals surface area contributed by atoms with Gasteiger partial charge in [0.25, 0.3) is 11.6 Å². The normalized spacial score (nSPS) is 16.6. The maximum atomic E-state index is 12.5. The number of nitro groups is 1. The second kappa shape index (κ2) is 9.49. The van der Waals surface area contributed by atoms with Crippen molar-refractivity contribution in [2.75, 3.05) is 41.8 Å². The molecular formula is C23H20N6O4S. The average Bonchev–Trinajstić information content (AvgIpc) is 2.86. The first kappa shape index (κ1) is 21.9. The molecule has 1 amide bonds. The zero-order valence-corrected chi connectivity index (χ0v) is 18.7. The van der Waals surface area contributed by atoms with Gasteiger partial charge in [0.15, 0.2) is 0 Å². The summed E-state index contributed by atoms with van der Waals surface area (Å²) in [7, 11) is 0. The Labute approximate surface area is 199 Å². The van der Waals surface area contributed by atoms with Crippen LogP contribution in [0.2, 0.25) is 0 Å². The third kappa shape index (κ3) is 4.85. The molecule has 2 N–H and O–H groups in total. The van der Waals surface area contributed by atoms with E-state index in [1.54, 1.807) is 24.4 Å². The number of non-ortho nitro benzene ring substituents is 1. The van der Waals surface area contributed by atoms with Gasteiger partial charge in [0.2, 0.25) is 5.95 Å². The van der Waals surface area contributed by atoms with Gasteiger partial charge in [-0.1, -0.05) is 11.8 Å². The number of rotatable bonds is 5. The molecule has 2 aliphatic heterocycles. The van der Waals surface area contributed by atoms with Crippen molar-refractivity contribution >= 4 is 52.4 Å². The summed E-state index contributed by atoms with van der Waals surface area (Å²) in [6.07, 6.45) is 3.24. The number of fused-ring (bicyclic) bond motifs is 1. The molecule has 1 saturated heterocycles. The van der Waals surface area contributed by atoms with Crippen LogP contribution < -0.4 is 15.5 Å². The first-order valence-electron chi connectivity index (χ1n) is 10.6. The number of morpholine rings is 1. The van der Waals surface area contributed by atoms with Crippen LogP contribution >= 0.6 is 11.8 Å². The monoisotopic (exact) mass is 476 g/mol. The van der Waals surface area contributed by atoms with Crippen molar-refractivity contribution < 1.29 is 14.5 Å². The van der Waals surface area contributed by atoms with E-state index < -0.39 is 4.92 Å². The van der Waals surface area contributed by atoms with Crippen molar-refractivity contribution in [1.29, 1.82) is 0 Å². The van der Waals surface area contributed by atoms with Crippen LogP contribution in [0.1, 0.15) is 5.56 Å². The predicted molar refractivity (Wildman–Crippen MR) is 130 cm³/mol. The number of benzene rings is 2. The quantitative estimate of drug-likeness (QED) is 0.243. The van der Waals surface area contributed by atoms with Crippen LogP contribution in [-0.2, 0) is 9.53 Å². The summed E-state index contributed by atoms with van der Waals surface area (Å²) in [6, 6.07) is 14.0. The molecule has 0 radical (unpaired) electrons. The van der Waals surface area contributed by atoms with E-state index in [0.29, 0.717) is 27.1 Å². The van der Waals surface area contributed by atoms with Crippen molar-refractivity contribution in [2.45, 2.75) is 5.03 Å². The smallest absolute Gasteiger partial charge is 0.269 e. The topological polar surface area (TPSA) is 123 Å². The number of nitrogens with one attached hydrogen (secondary N) is 2. The van der Waals surface area contributed by atoms with Gasteiger partial charge >= 0.3 is 0 Å². The molecule has 1 fully saturated rings. The van der Waals surface area contributed by atoms with Gasteiger partial charge in [-0.25, -0.2) is 9.97 Å². The summed E-state index contributed by atoms with van der Waals surface area (Å²) in [5.41, 5.74) is 3.20. The first-order chi connectivity index (χ1) is 16.5. The van der Waals surface area contributed by atoms with Crippen molar-refractivity contribution in [3.05, 3.63) is 75.3 Å². The van der Waals surface area contributed by atoms with Gasteiger partial charge in [0.05, 0.1) is 34.9 Å². The highest BCUT2D eigenvalue weighted by atomic mass is 32.2. The lowest BCUT2D eigenvalue weighted by atomic mass is 10.2. The minimum absolute atomic E-state index is 0.00493. The van der Waals surface area contributed by atoms with E-state index in [1.165, 1.54) is 23.9 Å². The molecule has 3 aromatic rings. The van der Waals surface area contributed by atoms with Gasteiger partial charge in [0.1, 0.15) is 5.03 Å². The molecule has 1 aromatic heterocycles. The maximum Gasteiger partial charge on any atom is 0.269 e. The van der Waals surface area contributed by atoms with Gasteiger partial charge in [0, 0.05) is 36.6 Å². The fourth-order valence-corrected chi connectivity index (χ4v) is 4.46. The molecule has 0 saturated carbocycles. The number of hydrogen-bond acceptors (Lipinski definition) is 9. The summed E-state index contributed by atoms with van der Waals surface area (Å²) >= 11 is 1.22. The van der Waals surface area contributed by atoms with E-state index in [0.717, 1.165) is 37.7 Å². The standard InChI is InChI=1S/C23H20N6O4S/c30-21-20(13-15-1-5-18(6-2-15)29(31)32)34-22-19(26-21)14-24-23(27-22)25-16-3-7-17(8-4-16)28-9-11-33-12-10-28/h1-8,13-14H,9-12H2,(H,26,30)(H,24,25,27)/b20-13+. The molecular weight excluding hydrogens is 456 g/mol. The zero-order valence-electron chi connectivity index (χ0n) is 17.9. The number of nitro benzene ring substituents is 1. The fourth-order valence-electron chi connectivity index (χ4n) is 3.57. The number of anilines is 4. The molecule has 0 atom stereocenters. The number of hydrogen-bond donors (Lipinski definition) is 2. The lowest BCUT2D eigenvalue weighted by molar-refractivity contribution is -0.384. The van der Waals surface area contributed by atoms with Gasteiger partial charge in [-0.3, -0.25) is 14.9 Å². The van der Waals surface area contributed by atoms with Gasteiger partial charge in [-0.05, 0) is 48.0 Å². The minimum Gasteiger partial charge on any atom is -0.378 e. The Kier molecular flexibility index (Phi) is 6.11. The second-order valence-electron chi connectivity index (χ2n) is 7.60. The third-order valence-electron chi connectivity index (χ3n) is 5.33. The summed E-state index contributed by atoms with van der Waals surface area (Å²) in [5, 5.41) is 17.4. The zero-order chi connectivity index (χ0) is 23.5. The number of nitrogens with zero attached hydrogens (tertiary/aromatic N) is 4. The van der Waals surface area contributed by atoms with Crippen LogP contribution in [0.4, 0.5) is 28.7 Å². The summed E-state index contributed by atoms with van der Waals surface area (Å²) in [5.74, 6) is 0.134. The summed E-state index contributed by atoms with van der Waals surface area (Å²) in [4.78, 5) is 34.4. The Morgan fingerprint density at radius 2 is 1.85 bits per heavy atom. The van der Waals surface area contributed by atoms with E-state index >= 15 is 0 Å². The lowest BCUT2D eigenvalue weighted by Crippen LogP contribution is -2.36. The predicted octanol–water partition coefficient (Wildman–Crippen LogP) is 4.05. The molecule has 3 heterocycles. The fraction of sp³-hybridized carbons (Fsp3) is 0.174. The number of thioether (sulfide) groups is 1. The third-order valence-corrected chi connectivity index (χ3v) is 6.36. The van der Waals surface area contributed by atoms with Gasteiger partial charge in [-0.15, -0.1) is 0 Å². The Balaban J connectivity index is 1.30. The van der Waals surface area contributed by atoms with E-state index in [4.69, 9.17) is 4.74 Å². The molecule has 10 nitrogen and oxygen atoms in total. The molecule has 5 rings (SSSR count). The van der Waals surface area contributed by atoms with Crippen molar-refractivity contribution in [3.63, 3.8) is 0 Å². The SMILES string of the molecule is O=C1Nc2cnc(Nc3ccc(N4CCOCC4)cc3)nc2S/C1=C/c1ccc([N+](=O)[O-])cc1. The van der Waals surface area contributed by atoms with E-state index in [1.807, 2.05) is 24.3 Å². The highest BCUT2D eigenvalue weighted by Gasteiger charge is 2.23. The Bertz CT molecular complexity index is 1260. The van der Waals surface area contributed by atoms with Crippen molar-refractivity contribution in [2.24, 2.45) is 0 Å². The largest absolute Gasteiger partial charge is 0.378 e. The van der Waals surface area contributed by atoms with Crippen molar-refractivity contribution in [1.82, 2.24) is 9.97 Å². The molecule has 34 heavy (non-hydrogen) atoms. The van der Waals surface area contributed by atoms with Gasteiger partial charge < -0.3 is 20.3 Å². The van der Waals surface area contributed by atoms with Crippen LogP contribution in [0.5, 0.6) is 0 Å². The Morgan fingerprint density at radius 1 is 1.12 bits per heavy atom. The molecule has 2 aliphatic rings. The molecule has 0 bridgehead atoms. The number of carbonyl (C=O) groups is 1. The average molecular weight is 477 g/mol. The summed E-state index contributed by atoms with van der Waals surface area (Å²) < 4.78 is 5.40. The Hall–Kier alpha value is -3.96. The maximum absolute atomic E-state index is 12.5. The van der Waals surface area contributed by atoms with E-state index in [2.05, 4.69) is 25.5 Å². The molecule has 0 unspecified atom stereocenters. The van der Waals surface area contributed by atoms with Crippen LogP contribution in [0.15, 0.2) is 64.7 Å². The number of ether oxygens (including phenoxy) is 1. The van der Waals surface area contributed by atoms with E-state index in [9.17, 15) is 14.9 Å². The lowest BCUT2D eigenvalue weighted by Gasteiger charge is -2.28. The first-order valence-corrected chi connectivity index (χ1v) is 11.4.